The number of carboxylic acid groups (broad SMARTS) is 1. The smallest absolute Gasteiger partial charge is 0.345 e. The normalized spacial score (nSPS) is 13.5. The number of fused-ring (bicyclic) bond motifs is 1. The molecule has 2 heterocycles. The first kappa shape index (κ1) is 26.5. The number of carbonyl (C=O) groups excluding carboxylic acids is 1. The molecular formula is C27H27N2O6PS. The number of esters is 1. The number of para-hydroxylation sites is 1. The van der Waals surface area contributed by atoms with E-state index >= 15 is 0 Å². The second-order valence-corrected chi connectivity index (χ2v) is 11.6. The highest BCUT2D eigenvalue weighted by atomic mass is 32.1. The molecule has 0 amide bonds. The third-order valence-electron chi connectivity index (χ3n) is 5.40. The van der Waals surface area contributed by atoms with Crippen LogP contribution >= 0.6 is 18.9 Å². The molecule has 0 saturated heterocycles. The summed E-state index contributed by atoms with van der Waals surface area (Å²) < 4.78 is 26.5. The molecule has 0 bridgehead atoms. The van der Waals surface area contributed by atoms with Crippen molar-refractivity contribution in [3.63, 3.8) is 0 Å². The Morgan fingerprint density at radius 3 is 2.57 bits per heavy atom. The monoisotopic (exact) mass is 538 g/mol. The summed E-state index contributed by atoms with van der Waals surface area (Å²) in [7, 11) is -3.72. The molecule has 8 nitrogen and oxygen atoms in total. The van der Waals surface area contributed by atoms with Crippen LogP contribution < -0.4 is 9.61 Å². The Balaban J connectivity index is 1.66. The van der Waals surface area contributed by atoms with E-state index in [1.165, 1.54) is 11.3 Å². The Hall–Kier alpha value is -3.52. The van der Waals surface area contributed by atoms with Gasteiger partial charge in [0.05, 0.1) is 12.8 Å². The highest BCUT2D eigenvalue weighted by molar-refractivity contribution is 7.56. The minimum Gasteiger partial charge on any atom is -0.477 e. The molecule has 0 fully saturated rings. The third kappa shape index (κ3) is 7.26. The summed E-state index contributed by atoms with van der Waals surface area (Å²) in [6, 6.07) is 20.1. The molecule has 0 radical (unpaired) electrons. The SMILES string of the molecule is CCCOC(=O)[C@H](Cc1ccccn1)NP(=O)(Cc1ccc2sc(C(=O)O)cc2c1)Oc1ccccc1. The van der Waals surface area contributed by atoms with Gasteiger partial charge in [-0.15, -0.1) is 11.3 Å². The van der Waals surface area contributed by atoms with Gasteiger partial charge in [0.25, 0.3) is 0 Å². The van der Waals surface area contributed by atoms with Gasteiger partial charge in [0.2, 0.25) is 0 Å². The molecule has 0 saturated carbocycles. The highest BCUT2D eigenvalue weighted by Gasteiger charge is 2.33. The molecule has 0 aliphatic heterocycles. The summed E-state index contributed by atoms with van der Waals surface area (Å²) >= 11 is 1.17. The van der Waals surface area contributed by atoms with Crippen molar-refractivity contribution in [2.45, 2.75) is 32.0 Å². The number of thiophene rings is 1. The van der Waals surface area contributed by atoms with Gasteiger partial charge in [0.15, 0.2) is 0 Å². The second-order valence-electron chi connectivity index (χ2n) is 8.40. The molecule has 0 spiro atoms. The van der Waals surface area contributed by atoms with Crippen molar-refractivity contribution < 1.29 is 28.5 Å². The van der Waals surface area contributed by atoms with Crippen LogP contribution in [0.3, 0.4) is 0 Å². The van der Waals surface area contributed by atoms with E-state index in [-0.39, 0.29) is 24.1 Å². The quantitative estimate of drug-likeness (QED) is 0.169. The number of benzene rings is 2. The van der Waals surface area contributed by atoms with Gasteiger partial charge in [0.1, 0.15) is 16.7 Å². The van der Waals surface area contributed by atoms with Gasteiger partial charge in [-0.2, -0.15) is 0 Å². The Kier molecular flexibility index (Phi) is 8.71. The average Bonchev–Trinajstić information content (AvgIpc) is 3.32. The topological polar surface area (TPSA) is 115 Å². The van der Waals surface area contributed by atoms with Crippen LogP contribution in [0, 0.1) is 0 Å². The molecule has 4 aromatic rings. The fourth-order valence-electron chi connectivity index (χ4n) is 3.74. The molecule has 2 atom stereocenters. The van der Waals surface area contributed by atoms with Crippen LogP contribution in [0.4, 0.5) is 0 Å². The lowest BCUT2D eigenvalue weighted by Crippen LogP contribution is -2.39. The molecular weight excluding hydrogens is 511 g/mol. The molecule has 0 aliphatic carbocycles. The summed E-state index contributed by atoms with van der Waals surface area (Å²) in [5.74, 6) is -1.14. The van der Waals surface area contributed by atoms with Crippen molar-refractivity contribution >= 4 is 40.9 Å². The van der Waals surface area contributed by atoms with Crippen molar-refractivity contribution in [3.05, 3.63) is 95.1 Å². The number of aromatic nitrogens is 1. The van der Waals surface area contributed by atoms with Gasteiger partial charge in [-0.3, -0.25) is 14.3 Å². The summed E-state index contributed by atoms with van der Waals surface area (Å²) in [6.07, 6.45) is 2.41. The van der Waals surface area contributed by atoms with Crippen LogP contribution in [0.2, 0.25) is 0 Å². The Morgan fingerprint density at radius 1 is 1.08 bits per heavy atom. The molecule has 10 heteroatoms. The molecule has 37 heavy (non-hydrogen) atoms. The number of nitrogens with one attached hydrogen (secondary N) is 1. The van der Waals surface area contributed by atoms with E-state index in [1.54, 1.807) is 66.9 Å². The van der Waals surface area contributed by atoms with Crippen LogP contribution in [-0.2, 0) is 26.7 Å². The fraction of sp³-hybridized carbons (Fsp3) is 0.222. The molecule has 4 rings (SSSR count). The lowest BCUT2D eigenvalue weighted by atomic mass is 10.1. The second kappa shape index (κ2) is 12.1. The number of carboxylic acids is 1. The number of hydrogen-bond donors (Lipinski definition) is 2. The number of ether oxygens (including phenoxy) is 1. The van der Waals surface area contributed by atoms with Crippen molar-refractivity contribution in [3.8, 4) is 5.75 Å². The molecule has 1 unspecified atom stereocenters. The number of rotatable bonds is 12. The zero-order chi connectivity index (χ0) is 26.3. The minimum absolute atomic E-state index is 0.0319. The van der Waals surface area contributed by atoms with Gasteiger partial charge < -0.3 is 14.4 Å². The van der Waals surface area contributed by atoms with Crippen molar-refractivity contribution in [1.82, 2.24) is 10.1 Å². The highest BCUT2D eigenvalue weighted by Crippen LogP contribution is 2.47. The summed E-state index contributed by atoms with van der Waals surface area (Å²) in [4.78, 5) is 28.9. The zero-order valence-corrected chi connectivity index (χ0v) is 21.9. The van der Waals surface area contributed by atoms with Crippen molar-refractivity contribution in [2.24, 2.45) is 0 Å². The first-order chi connectivity index (χ1) is 17.8. The average molecular weight is 539 g/mol. The van der Waals surface area contributed by atoms with E-state index in [1.807, 2.05) is 19.1 Å². The van der Waals surface area contributed by atoms with Gasteiger partial charge in [-0.25, -0.2) is 9.88 Å². The van der Waals surface area contributed by atoms with Crippen molar-refractivity contribution in [2.75, 3.05) is 6.61 Å². The lowest BCUT2D eigenvalue weighted by Gasteiger charge is -2.25. The van der Waals surface area contributed by atoms with Crippen LogP contribution in [0.25, 0.3) is 10.1 Å². The predicted octanol–water partition coefficient (Wildman–Crippen LogP) is 5.92. The number of pyridine rings is 1. The lowest BCUT2D eigenvalue weighted by molar-refractivity contribution is -0.145. The van der Waals surface area contributed by atoms with Crippen LogP contribution in [0.5, 0.6) is 5.75 Å². The van der Waals surface area contributed by atoms with Crippen molar-refractivity contribution in [1.29, 1.82) is 0 Å². The van der Waals surface area contributed by atoms with Gasteiger partial charge in [-0.05, 0) is 59.8 Å². The maximum Gasteiger partial charge on any atom is 0.345 e. The minimum atomic E-state index is -3.72. The van der Waals surface area contributed by atoms with Crippen LogP contribution in [0.15, 0.2) is 79.0 Å². The summed E-state index contributed by atoms with van der Waals surface area (Å²) in [5, 5.41) is 13.0. The standard InChI is InChI=1S/C27H27N2O6PS/c1-2-14-34-27(32)23(17-21-8-6-7-13-28-21)29-36(33,35-22-9-4-3-5-10-22)18-19-11-12-24-20(15-19)16-25(37-24)26(30)31/h3-13,15-16,23H,2,14,17-18H2,1H3,(H,29,33)(H,30,31)/t23-,36?/m0/s1. The van der Waals surface area contributed by atoms with Crippen LogP contribution in [0.1, 0.15) is 34.3 Å². The van der Waals surface area contributed by atoms with Gasteiger partial charge in [-0.1, -0.05) is 37.3 Å². The first-order valence-electron chi connectivity index (χ1n) is 11.8. The largest absolute Gasteiger partial charge is 0.477 e. The number of nitrogens with zero attached hydrogens (tertiary/aromatic N) is 1. The van der Waals surface area contributed by atoms with Crippen LogP contribution in [-0.4, -0.2) is 34.7 Å². The first-order valence-corrected chi connectivity index (χ1v) is 14.4. The van der Waals surface area contributed by atoms with Gasteiger partial charge in [0, 0.05) is 23.0 Å². The Labute approximate surface area is 218 Å². The molecule has 2 aromatic carbocycles. The predicted molar refractivity (Wildman–Crippen MR) is 143 cm³/mol. The maximum absolute atomic E-state index is 14.3. The van der Waals surface area contributed by atoms with E-state index in [9.17, 15) is 19.3 Å². The van der Waals surface area contributed by atoms with E-state index in [0.29, 0.717) is 23.4 Å². The Morgan fingerprint density at radius 2 is 1.86 bits per heavy atom. The third-order valence-corrected chi connectivity index (χ3v) is 8.50. The number of carbonyl (C=O) groups is 2. The molecule has 192 valence electrons. The molecule has 0 aliphatic rings. The zero-order valence-electron chi connectivity index (χ0n) is 20.2. The van der Waals surface area contributed by atoms with E-state index in [0.717, 1.165) is 10.1 Å². The molecule has 2 aromatic heterocycles. The van der Waals surface area contributed by atoms with E-state index < -0.39 is 25.5 Å². The fourth-order valence-corrected chi connectivity index (χ4v) is 6.64. The maximum atomic E-state index is 14.3. The molecule has 2 N–H and O–H groups in total. The van der Waals surface area contributed by atoms with E-state index in [2.05, 4.69) is 10.1 Å². The number of hydrogen-bond acceptors (Lipinski definition) is 7. The Bertz CT molecular complexity index is 1410. The van der Waals surface area contributed by atoms with Gasteiger partial charge >= 0.3 is 19.5 Å². The van der Waals surface area contributed by atoms with E-state index in [4.69, 9.17) is 9.26 Å². The number of aromatic carboxylic acids is 1. The summed E-state index contributed by atoms with van der Waals surface area (Å²) in [5.41, 5.74) is 1.31. The summed E-state index contributed by atoms with van der Waals surface area (Å²) in [6.45, 7) is 2.14.